The number of rotatable bonds is 2. The molecule has 3 rings (SSSR count). The lowest BCUT2D eigenvalue weighted by atomic mass is 10.2. The van der Waals surface area contributed by atoms with E-state index < -0.39 is 0 Å². The molecule has 3 heterocycles. The summed E-state index contributed by atoms with van der Waals surface area (Å²) in [4.78, 5) is 14.8. The standard InChI is InChI=1S/C11H11N3OS/c15-11(14-4-2-5-14)9-7-8(12-13-9)10-3-1-6-16-10/h1,3,6-7H,2,4-5H2,(H,12,13). The Bertz CT molecular complexity index is 499. The van der Waals surface area contributed by atoms with Gasteiger partial charge in [-0.3, -0.25) is 9.89 Å². The monoisotopic (exact) mass is 233 g/mol. The van der Waals surface area contributed by atoms with Gasteiger partial charge in [-0.05, 0) is 23.9 Å². The summed E-state index contributed by atoms with van der Waals surface area (Å²) in [5, 5.41) is 8.98. The Labute approximate surface area is 96.9 Å². The Balaban J connectivity index is 1.84. The Morgan fingerprint density at radius 1 is 1.50 bits per heavy atom. The summed E-state index contributed by atoms with van der Waals surface area (Å²) < 4.78 is 0. The van der Waals surface area contributed by atoms with E-state index >= 15 is 0 Å². The first-order chi connectivity index (χ1) is 7.84. The minimum atomic E-state index is 0.0327. The van der Waals surface area contributed by atoms with Crippen LogP contribution in [0.25, 0.3) is 10.6 Å². The van der Waals surface area contributed by atoms with Gasteiger partial charge in [0, 0.05) is 13.1 Å². The van der Waals surface area contributed by atoms with Gasteiger partial charge >= 0.3 is 0 Å². The smallest absolute Gasteiger partial charge is 0.274 e. The fourth-order valence-corrected chi connectivity index (χ4v) is 2.36. The van der Waals surface area contributed by atoms with E-state index in [0.717, 1.165) is 30.1 Å². The zero-order valence-corrected chi connectivity index (χ0v) is 9.46. The molecular weight excluding hydrogens is 222 g/mol. The Morgan fingerprint density at radius 3 is 3.00 bits per heavy atom. The van der Waals surface area contributed by atoms with Gasteiger partial charge in [-0.15, -0.1) is 11.3 Å². The van der Waals surface area contributed by atoms with Gasteiger partial charge in [-0.2, -0.15) is 5.10 Å². The van der Waals surface area contributed by atoms with Crippen molar-refractivity contribution in [2.75, 3.05) is 13.1 Å². The third kappa shape index (κ3) is 1.53. The van der Waals surface area contributed by atoms with E-state index in [1.54, 1.807) is 11.3 Å². The van der Waals surface area contributed by atoms with Crippen LogP contribution in [0.2, 0.25) is 0 Å². The molecule has 0 bridgehead atoms. The van der Waals surface area contributed by atoms with Crippen LogP contribution in [0.1, 0.15) is 16.9 Å². The maximum atomic E-state index is 11.9. The molecular formula is C11H11N3OS. The van der Waals surface area contributed by atoms with Crippen LogP contribution < -0.4 is 0 Å². The molecule has 0 radical (unpaired) electrons. The molecule has 4 nitrogen and oxygen atoms in total. The fraction of sp³-hybridized carbons (Fsp3) is 0.273. The molecule has 0 atom stereocenters. The molecule has 0 aliphatic carbocycles. The third-order valence-corrected chi connectivity index (χ3v) is 3.63. The zero-order valence-electron chi connectivity index (χ0n) is 8.64. The number of H-pyrrole nitrogens is 1. The number of nitrogens with one attached hydrogen (secondary N) is 1. The predicted octanol–water partition coefficient (Wildman–Crippen LogP) is 1.98. The van der Waals surface area contributed by atoms with Crippen molar-refractivity contribution in [3.05, 3.63) is 29.3 Å². The highest BCUT2D eigenvalue weighted by molar-refractivity contribution is 7.13. The molecule has 16 heavy (non-hydrogen) atoms. The second kappa shape index (κ2) is 3.75. The van der Waals surface area contributed by atoms with E-state index in [0.29, 0.717) is 5.69 Å². The Kier molecular flexibility index (Phi) is 2.25. The molecule has 0 spiro atoms. The number of amides is 1. The molecule has 1 aliphatic rings. The van der Waals surface area contributed by atoms with Gasteiger partial charge in [-0.25, -0.2) is 0 Å². The third-order valence-electron chi connectivity index (χ3n) is 2.73. The molecule has 2 aromatic rings. The van der Waals surface area contributed by atoms with E-state index in [1.807, 2.05) is 28.5 Å². The Morgan fingerprint density at radius 2 is 2.38 bits per heavy atom. The molecule has 1 amide bonds. The number of carbonyl (C=O) groups excluding carboxylic acids is 1. The van der Waals surface area contributed by atoms with Crippen LogP contribution >= 0.6 is 11.3 Å². The van der Waals surface area contributed by atoms with Crippen molar-refractivity contribution in [1.29, 1.82) is 0 Å². The fourth-order valence-electron chi connectivity index (χ4n) is 1.67. The van der Waals surface area contributed by atoms with Gasteiger partial charge in [0.15, 0.2) is 5.69 Å². The van der Waals surface area contributed by atoms with Crippen molar-refractivity contribution < 1.29 is 4.79 Å². The number of aromatic amines is 1. The van der Waals surface area contributed by atoms with Gasteiger partial charge in [0.25, 0.3) is 5.91 Å². The molecule has 82 valence electrons. The number of hydrogen-bond donors (Lipinski definition) is 1. The van der Waals surface area contributed by atoms with Crippen molar-refractivity contribution in [2.45, 2.75) is 6.42 Å². The summed E-state index contributed by atoms with van der Waals surface area (Å²) in [6.45, 7) is 1.72. The molecule has 0 aromatic carbocycles. The maximum absolute atomic E-state index is 11.9. The number of carbonyl (C=O) groups is 1. The van der Waals surface area contributed by atoms with E-state index in [1.165, 1.54) is 0 Å². The summed E-state index contributed by atoms with van der Waals surface area (Å²) in [6.07, 6.45) is 1.11. The number of nitrogens with zero attached hydrogens (tertiary/aromatic N) is 2. The number of hydrogen-bond acceptors (Lipinski definition) is 3. The van der Waals surface area contributed by atoms with Gasteiger partial charge in [-0.1, -0.05) is 6.07 Å². The highest BCUT2D eigenvalue weighted by atomic mass is 32.1. The van der Waals surface area contributed by atoms with Crippen molar-refractivity contribution in [1.82, 2.24) is 15.1 Å². The molecule has 1 N–H and O–H groups in total. The molecule has 0 saturated carbocycles. The molecule has 1 aliphatic heterocycles. The number of thiophene rings is 1. The first kappa shape index (κ1) is 9.59. The van der Waals surface area contributed by atoms with Gasteiger partial charge in [0.05, 0.1) is 10.6 Å². The summed E-state index contributed by atoms with van der Waals surface area (Å²) in [7, 11) is 0. The maximum Gasteiger partial charge on any atom is 0.274 e. The highest BCUT2D eigenvalue weighted by Gasteiger charge is 2.23. The van der Waals surface area contributed by atoms with Gasteiger partial charge in [0.1, 0.15) is 0 Å². The lowest BCUT2D eigenvalue weighted by Crippen LogP contribution is -2.42. The van der Waals surface area contributed by atoms with Crippen LogP contribution in [0, 0.1) is 0 Å². The summed E-state index contributed by atoms with van der Waals surface area (Å²) in [5.41, 5.74) is 1.43. The second-order valence-electron chi connectivity index (χ2n) is 3.79. The van der Waals surface area contributed by atoms with Crippen LogP contribution in [0.5, 0.6) is 0 Å². The second-order valence-corrected chi connectivity index (χ2v) is 4.74. The van der Waals surface area contributed by atoms with Crippen molar-refractivity contribution >= 4 is 17.2 Å². The van der Waals surface area contributed by atoms with Crippen LogP contribution in [0.3, 0.4) is 0 Å². The average Bonchev–Trinajstić information content (AvgIpc) is 2.86. The van der Waals surface area contributed by atoms with Gasteiger partial charge in [0.2, 0.25) is 0 Å². The van der Waals surface area contributed by atoms with Crippen LogP contribution in [0.15, 0.2) is 23.6 Å². The zero-order chi connectivity index (χ0) is 11.0. The average molecular weight is 233 g/mol. The summed E-state index contributed by atoms with van der Waals surface area (Å²) >= 11 is 1.63. The minimum Gasteiger partial charge on any atom is -0.337 e. The minimum absolute atomic E-state index is 0.0327. The quantitative estimate of drug-likeness (QED) is 0.862. The molecule has 5 heteroatoms. The van der Waals surface area contributed by atoms with E-state index in [2.05, 4.69) is 10.2 Å². The first-order valence-electron chi connectivity index (χ1n) is 5.23. The summed E-state index contributed by atoms with van der Waals surface area (Å²) in [6, 6.07) is 5.82. The summed E-state index contributed by atoms with van der Waals surface area (Å²) in [5.74, 6) is 0.0327. The van der Waals surface area contributed by atoms with Crippen molar-refractivity contribution in [2.24, 2.45) is 0 Å². The van der Waals surface area contributed by atoms with Crippen molar-refractivity contribution in [3.8, 4) is 10.6 Å². The van der Waals surface area contributed by atoms with Crippen LogP contribution in [-0.2, 0) is 0 Å². The van der Waals surface area contributed by atoms with Gasteiger partial charge < -0.3 is 4.90 Å². The highest BCUT2D eigenvalue weighted by Crippen LogP contribution is 2.23. The van der Waals surface area contributed by atoms with E-state index in [-0.39, 0.29) is 5.91 Å². The normalized spacial score (nSPS) is 14.9. The van der Waals surface area contributed by atoms with Crippen molar-refractivity contribution in [3.63, 3.8) is 0 Å². The van der Waals surface area contributed by atoms with Crippen LogP contribution in [0.4, 0.5) is 0 Å². The van der Waals surface area contributed by atoms with Crippen LogP contribution in [-0.4, -0.2) is 34.1 Å². The predicted molar refractivity (Wildman–Crippen MR) is 62.4 cm³/mol. The number of likely N-dealkylation sites (tertiary alicyclic amines) is 1. The lowest BCUT2D eigenvalue weighted by molar-refractivity contribution is 0.0645. The first-order valence-corrected chi connectivity index (χ1v) is 6.11. The largest absolute Gasteiger partial charge is 0.337 e. The molecule has 2 aromatic heterocycles. The SMILES string of the molecule is O=C(c1cc(-c2cccs2)[nH]n1)N1CCC1. The topological polar surface area (TPSA) is 49.0 Å². The van der Waals surface area contributed by atoms with E-state index in [9.17, 15) is 4.79 Å². The molecule has 1 fully saturated rings. The molecule has 1 saturated heterocycles. The lowest BCUT2D eigenvalue weighted by Gasteiger charge is -2.29. The number of aromatic nitrogens is 2. The Hall–Kier alpha value is -1.62. The molecule has 0 unspecified atom stereocenters. The van der Waals surface area contributed by atoms with E-state index in [4.69, 9.17) is 0 Å².